The minimum atomic E-state index is -0.528. The number of hydrogen-bond acceptors (Lipinski definition) is 6. The summed E-state index contributed by atoms with van der Waals surface area (Å²) in [4.78, 5) is 16.3. The smallest absolute Gasteiger partial charge is 0.247 e. The van der Waals surface area contributed by atoms with Crippen molar-refractivity contribution < 1.29 is 19.0 Å². The number of hydrogen-bond donors (Lipinski definition) is 2. The predicted molar refractivity (Wildman–Crippen MR) is 97.1 cm³/mol. The fourth-order valence-electron chi connectivity index (χ4n) is 2.16. The summed E-state index contributed by atoms with van der Waals surface area (Å²) in [6.45, 7) is 1.73. The van der Waals surface area contributed by atoms with Crippen LogP contribution in [0.1, 0.15) is 6.92 Å². The molecule has 1 unspecified atom stereocenters. The summed E-state index contributed by atoms with van der Waals surface area (Å²) in [5, 5.41) is 6.30. The highest BCUT2D eigenvalue weighted by molar-refractivity contribution is 6.30. The second kappa shape index (κ2) is 8.43. The van der Waals surface area contributed by atoms with Crippen LogP contribution < -0.4 is 24.8 Å². The van der Waals surface area contributed by atoms with Crippen molar-refractivity contribution in [3.63, 3.8) is 0 Å². The first-order valence-electron chi connectivity index (χ1n) is 7.47. The number of benzene rings is 1. The first-order valence-corrected chi connectivity index (χ1v) is 7.85. The van der Waals surface area contributed by atoms with Crippen molar-refractivity contribution in [2.75, 3.05) is 32.0 Å². The zero-order chi connectivity index (χ0) is 18.4. The topological polar surface area (TPSA) is 81.7 Å². The summed E-state index contributed by atoms with van der Waals surface area (Å²) in [7, 11) is 4.59. The van der Waals surface area contributed by atoms with Gasteiger partial charge in [-0.15, -0.1) is 0 Å². The van der Waals surface area contributed by atoms with Crippen molar-refractivity contribution in [2.24, 2.45) is 0 Å². The van der Waals surface area contributed by atoms with Gasteiger partial charge in [0.05, 0.1) is 26.4 Å². The Bertz CT molecular complexity index is 712. The van der Waals surface area contributed by atoms with Gasteiger partial charge in [-0.05, 0) is 19.1 Å². The van der Waals surface area contributed by atoms with Gasteiger partial charge in [-0.25, -0.2) is 4.98 Å². The van der Waals surface area contributed by atoms with Gasteiger partial charge in [-0.3, -0.25) is 4.79 Å². The lowest BCUT2D eigenvalue weighted by Gasteiger charge is -2.18. The first-order chi connectivity index (χ1) is 12.0. The second-order valence-electron chi connectivity index (χ2n) is 5.13. The van der Waals surface area contributed by atoms with E-state index in [2.05, 4.69) is 15.6 Å². The third-order valence-corrected chi connectivity index (χ3v) is 3.64. The number of nitrogens with one attached hydrogen (secondary N) is 2. The number of rotatable bonds is 7. The highest BCUT2D eigenvalue weighted by Gasteiger charge is 2.17. The van der Waals surface area contributed by atoms with Crippen molar-refractivity contribution in [1.29, 1.82) is 0 Å². The lowest BCUT2D eigenvalue weighted by molar-refractivity contribution is -0.116. The molecule has 0 aliphatic carbocycles. The summed E-state index contributed by atoms with van der Waals surface area (Å²) < 4.78 is 15.9. The van der Waals surface area contributed by atoms with E-state index in [4.69, 9.17) is 25.8 Å². The fraction of sp³-hybridized carbons (Fsp3) is 0.294. The summed E-state index contributed by atoms with van der Waals surface area (Å²) in [6.07, 6.45) is 1.47. The van der Waals surface area contributed by atoms with E-state index in [0.717, 1.165) is 0 Å². The fourth-order valence-corrected chi connectivity index (χ4v) is 2.28. The van der Waals surface area contributed by atoms with Gasteiger partial charge in [-0.1, -0.05) is 11.6 Å². The average molecular weight is 366 g/mol. The van der Waals surface area contributed by atoms with Gasteiger partial charge in [0.1, 0.15) is 11.9 Å². The molecule has 1 aromatic heterocycles. The third kappa shape index (κ3) is 4.67. The van der Waals surface area contributed by atoms with Gasteiger partial charge < -0.3 is 24.8 Å². The van der Waals surface area contributed by atoms with Crippen molar-refractivity contribution in [2.45, 2.75) is 13.0 Å². The monoisotopic (exact) mass is 365 g/mol. The number of carbonyl (C=O) groups excluding carboxylic acids is 1. The van der Waals surface area contributed by atoms with E-state index in [-0.39, 0.29) is 5.91 Å². The number of halogens is 1. The molecule has 0 saturated carbocycles. The van der Waals surface area contributed by atoms with Crippen LogP contribution in [0, 0.1) is 0 Å². The summed E-state index contributed by atoms with van der Waals surface area (Å²) in [6, 6.07) is 6.21. The maximum Gasteiger partial charge on any atom is 0.247 e. The zero-order valence-electron chi connectivity index (χ0n) is 14.4. The number of pyridine rings is 1. The Kier molecular flexibility index (Phi) is 6.30. The summed E-state index contributed by atoms with van der Waals surface area (Å²) in [5.41, 5.74) is 0.654. The largest absolute Gasteiger partial charge is 0.493 e. The Morgan fingerprint density at radius 1 is 1.12 bits per heavy atom. The maximum atomic E-state index is 12.3. The number of anilines is 2. The van der Waals surface area contributed by atoms with Crippen LogP contribution in [-0.2, 0) is 4.79 Å². The van der Waals surface area contributed by atoms with Gasteiger partial charge in [-0.2, -0.15) is 0 Å². The number of aromatic nitrogens is 1. The molecule has 8 heteroatoms. The van der Waals surface area contributed by atoms with Crippen LogP contribution >= 0.6 is 11.6 Å². The Morgan fingerprint density at radius 3 is 2.24 bits per heavy atom. The Morgan fingerprint density at radius 2 is 1.76 bits per heavy atom. The number of methoxy groups -OCH3 is 3. The molecule has 1 amide bonds. The highest BCUT2D eigenvalue weighted by atomic mass is 35.5. The van der Waals surface area contributed by atoms with Crippen LogP contribution in [0.15, 0.2) is 30.5 Å². The normalized spacial score (nSPS) is 11.4. The van der Waals surface area contributed by atoms with Crippen LogP contribution in [-0.4, -0.2) is 38.3 Å². The molecule has 1 atom stereocenters. The van der Waals surface area contributed by atoms with E-state index in [0.29, 0.717) is 33.8 Å². The molecule has 0 spiro atoms. The van der Waals surface area contributed by atoms with Gasteiger partial charge in [0, 0.05) is 24.0 Å². The van der Waals surface area contributed by atoms with E-state index in [1.165, 1.54) is 27.5 Å². The molecule has 7 nitrogen and oxygen atoms in total. The van der Waals surface area contributed by atoms with Gasteiger partial charge in [0.15, 0.2) is 11.5 Å². The van der Waals surface area contributed by atoms with Crippen molar-refractivity contribution in [3.05, 3.63) is 35.5 Å². The quantitative estimate of drug-likeness (QED) is 0.784. The molecule has 0 aliphatic heterocycles. The van der Waals surface area contributed by atoms with Crippen molar-refractivity contribution in [3.8, 4) is 17.2 Å². The van der Waals surface area contributed by atoms with Crippen LogP contribution in [0.3, 0.4) is 0 Å². The first kappa shape index (κ1) is 18.7. The minimum absolute atomic E-state index is 0.247. The summed E-state index contributed by atoms with van der Waals surface area (Å²) in [5.74, 6) is 1.65. The number of carbonyl (C=O) groups is 1. The lowest BCUT2D eigenvalue weighted by atomic mass is 10.2. The molecule has 0 bridgehead atoms. The van der Waals surface area contributed by atoms with Gasteiger partial charge >= 0.3 is 0 Å². The van der Waals surface area contributed by atoms with Crippen LogP contribution in [0.4, 0.5) is 11.5 Å². The molecular formula is C17H20ClN3O4. The number of nitrogens with zero attached hydrogens (tertiary/aromatic N) is 1. The molecule has 2 N–H and O–H groups in total. The molecule has 1 aromatic carbocycles. The van der Waals surface area contributed by atoms with E-state index in [9.17, 15) is 4.79 Å². The third-order valence-electron chi connectivity index (χ3n) is 3.42. The zero-order valence-corrected chi connectivity index (χ0v) is 15.2. The Hall–Kier alpha value is -2.67. The van der Waals surface area contributed by atoms with E-state index < -0.39 is 6.04 Å². The number of amides is 1. The predicted octanol–water partition coefficient (Wildman–Crippen LogP) is 3.20. The molecule has 2 aromatic rings. The molecule has 2 rings (SSSR count). The Labute approximate surface area is 151 Å². The van der Waals surface area contributed by atoms with Crippen LogP contribution in [0.2, 0.25) is 5.02 Å². The highest BCUT2D eigenvalue weighted by Crippen LogP contribution is 2.40. The molecule has 25 heavy (non-hydrogen) atoms. The van der Waals surface area contributed by atoms with Gasteiger partial charge in [0.25, 0.3) is 0 Å². The molecule has 0 fully saturated rings. The van der Waals surface area contributed by atoms with Crippen LogP contribution in [0.5, 0.6) is 17.2 Å². The van der Waals surface area contributed by atoms with E-state index >= 15 is 0 Å². The lowest BCUT2D eigenvalue weighted by Crippen LogP contribution is -2.32. The van der Waals surface area contributed by atoms with Crippen molar-refractivity contribution in [1.82, 2.24) is 4.98 Å². The molecule has 1 heterocycles. The molecule has 0 saturated heterocycles. The Balaban J connectivity index is 2.12. The minimum Gasteiger partial charge on any atom is -0.493 e. The SMILES string of the molecule is COc1cc(NC(C)C(=O)Nc2ccc(Cl)cn2)cc(OC)c1OC. The maximum absolute atomic E-state index is 12.3. The summed E-state index contributed by atoms with van der Waals surface area (Å²) >= 11 is 5.78. The molecule has 0 aliphatic rings. The second-order valence-corrected chi connectivity index (χ2v) is 5.57. The van der Waals surface area contributed by atoms with E-state index in [1.807, 2.05) is 0 Å². The molecule has 134 valence electrons. The molecule has 0 radical (unpaired) electrons. The van der Waals surface area contributed by atoms with Gasteiger partial charge in [0.2, 0.25) is 11.7 Å². The molecular weight excluding hydrogens is 346 g/mol. The average Bonchev–Trinajstić information content (AvgIpc) is 2.62. The standard InChI is InChI=1S/C17H20ClN3O4/c1-10(17(22)21-15-6-5-11(18)9-19-15)20-12-7-13(23-2)16(25-4)14(8-12)24-3/h5-10,20H,1-4H3,(H,19,21,22). The number of ether oxygens (including phenoxy) is 3. The van der Waals surface area contributed by atoms with Crippen molar-refractivity contribution >= 4 is 29.0 Å². The van der Waals surface area contributed by atoms with Crippen LogP contribution in [0.25, 0.3) is 0 Å². The van der Waals surface area contributed by atoms with E-state index in [1.54, 1.807) is 31.2 Å².